The Bertz CT molecular complexity index is 1360. The second kappa shape index (κ2) is 12.9. The maximum Gasteiger partial charge on any atom is 0.264 e. The Hall–Kier alpha value is -3.36. The third kappa shape index (κ3) is 7.36. The first-order valence-electron chi connectivity index (χ1n) is 12.5. The van der Waals surface area contributed by atoms with E-state index in [4.69, 9.17) is 11.6 Å². The van der Waals surface area contributed by atoms with Crippen molar-refractivity contribution in [1.29, 1.82) is 0 Å². The van der Waals surface area contributed by atoms with E-state index in [0.29, 0.717) is 11.4 Å². The first-order valence-corrected chi connectivity index (χ1v) is 14.3. The molecular weight excluding hydrogens is 522 g/mol. The van der Waals surface area contributed by atoms with Gasteiger partial charge in [0.25, 0.3) is 10.0 Å². The van der Waals surface area contributed by atoms with Crippen LogP contribution < -0.4 is 9.62 Å². The molecule has 2 amide bonds. The van der Waals surface area contributed by atoms with Crippen LogP contribution in [0.5, 0.6) is 0 Å². The summed E-state index contributed by atoms with van der Waals surface area (Å²) in [5.41, 5.74) is 2.11. The number of hydrogen-bond donors (Lipinski definition) is 1. The molecule has 0 spiro atoms. The normalized spacial score (nSPS) is 12.2. The molecule has 38 heavy (non-hydrogen) atoms. The van der Waals surface area contributed by atoms with Gasteiger partial charge in [0.15, 0.2) is 0 Å². The van der Waals surface area contributed by atoms with Crippen molar-refractivity contribution in [2.75, 3.05) is 10.8 Å². The molecule has 0 saturated carbocycles. The minimum Gasteiger partial charge on any atom is -0.352 e. The third-order valence-corrected chi connectivity index (χ3v) is 7.98. The first-order chi connectivity index (χ1) is 18.0. The topological polar surface area (TPSA) is 86.8 Å². The molecule has 0 aromatic heterocycles. The summed E-state index contributed by atoms with van der Waals surface area (Å²) in [6.45, 7) is 7.13. The number of carbonyl (C=O) groups is 2. The van der Waals surface area contributed by atoms with E-state index in [0.717, 1.165) is 15.4 Å². The van der Waals surface area contributed by atoms with E-state index in [1.807, 2.05) is 52.0 Å². The standard InChI is InChI=1S/C29H34ClN3O4S/c1-5-27(29(35)31-21(2)3)32(19-23-12-9-11-22(4)17-23)28(34)20-33(25-14-10-13-24(30)18-25)38(36,37)26-15-7-6-8-16-26/h6-18,21,27H,5,19-20H2,1-4H3,(H,31,35)/t27-/m0/s1. The predicted molar refractivity (Wildman–Crippen MR) is 152 cm³/mol. The molecule has 0 aliphatic rings. The summed E-state index contributed by atoms with van der Waals surface area (Å²) in [5.74, 6) is -0.791. The van der Waals surface area contributed by atoms with Gasteiger partial charge in [0.1, 0.15) is 12.6 Å². The average Bonchev–Trinajstić information content (AvgIpc) is 2.87. The summed E-state index contributed by atoms with van der Waals surface area (Å²) in [7, 11) is -4.12. The van der Waals surface area contributed by atoms with Crippen LogP contribution in [-0.4, -0.2) is 43.8 Å². The van der Waals surface area contributed by atoms with Crippen LogP contribution in [0.2, 0.25) is 5.02 Å². The molecule has 0 unspecified atom stereocenters. The second-order valence-corrected chi connectivity index (χ2v) is 11.7. The van der Waals surface area contributed by atoms with Gasteiger partial charge in [-0.2, -0.15) is 0 Å². The van der Waals surface area contributed by atoms with Crippen molar-refractivity contribution in [2.24, 2.45) is 0 Å². The van der Waals surface area contributed by atoms with Crippen LogP contribution in [0.15, 0.2) is 83.8 Å². The SMILES string of the molecule is CC[C@@H](C(=O)NC(C)C)N(Cc1cccc(C)c1)C(=O)CN(c1cccc(Cl)c1)S(=O)(=O)c1ccccc1. The predicted octanol–water partition coefficient (Wildman–Crippen LogP) is 5.18. The summed E-state index contributed by atoms with van der Waals surface area (Å²) < 4.78 is 28.6. The molecular formula is C29H34ClN3O4S. The number of benzene rings is 3. The molecule has 0 radical (unpaired) electrons. The van der Waals surface area contributed by atoms with Gasteiger partial charge in [-0.3, -0.25) is 13.9 Å². The van der Waals surface area contributed by atoms with Crippen LogP contribution in [-0.2, 0) is 26.2 Å². The number of nitrogens with zero attached hydrogens (tertiary/aromatic N) is 2. The van der Waals surface area contributed by atoms with Crippen LogP contribution in [0.4, 0.5) is 5.69 Å². The van der Waals surface area contributed by atoms with E-state index in [-0.39, 0.29) is 29.1 Å². The van der Waals surface area contributed by atoms with E-state index in [1.54, 1.807) is 36.4 Å². The minimum atomic E-state index is -4.12. The van der Waals surface area contributed by atoms with E-state index in [9.17, 15) is 18.0 Å². The fraction of sp³-hybridized carbons (Fsp3) is 0.310. The Morgan fingerprint density at radius 2 is 1.63 bits per heavy atom. The van der Waals surface area contributed by atoms with E-state index in [2.05, 4.69) is 5.32 Å². The van der Waals surface area contributed by atoms with Crippen LogP contribution in [0.25, 0.3) is 0 Å². The lowest BCUT2D eigenvalue weighted by atomic mass is 10.1. The Labute approximate surface area is 230 Å². The quantitative estimate of drug-likeness (QED) is 0.353. The summed E-state index contributed by atoms with van der Waals surface area (Å²) >= 11 is 6.20. The largest absolute Gasteiger partial charge is 0.352 e. The number of amides is 2. The smallest absolute Gasteiger partial charge is 0.264 e. The van der Waals surface area contributed by atoms with Gasteiger partial charge < -0.3 is 10.2 Å². The van der Waals surface area contributed by atoms with Crippen molar-refractivity contribution in [3.8, 4) is 0 Å². The first kappa shape index (κ1) is 29.2. The number of halogens is 1. The van der Waals surface area contributed by atoms with Crippen LogP contribution in [0, 0.1) is 6.92 Å². The lowest BCUT2D eigenvalue weighted by molar-refractivity contribution is -0.140. The van der Waals surface area contributed by atoms with Gasteiger partial charge in [0.05, 0.1) is 10.6 Å². The van der Waals surface area contributed by atoms with E-state index < -0.39 is 28.5 Å². The number of sulfonamides is 1. The molecule has 0 saturated heterocycles. The Kier molecular flexibility index (Phi) is 9.94. The summed E-state index contributed by atoms with van der Waals surface area (Å²) in [6.07, 6.45) is 0.360. The molecule has 1 N–H and O–H groups in total. The van der Waals surface area contributed by atoms with Gasteiger partial charge in [0.2, 0.25) is 11.8 Å². The van der Waals surface area contributed by atoms with Crippen LogP contribution in [0.3, 0.4) is 0 Å². The monoisotopic (exact) mass is 555 g/mol. The zero-order valence-corrected chi connectivity index (χ0v) is 23.7. The lowest BCUT2D eigenvalue weighted by Gasteiger charge is -2.33. The van der Waals surface area contributed by atoms with Gasteiger partial charge in [-0.1, -0.05) is 72.6 Å². The zero-order chi connectivity index (χ0) is 27.9. The lowest BCUT2D eigenvalue weighted by Crippen LogP contribution is -2.53. The van der Waals surface area contributed by atoms with Crippen molar-refractivity contribution in [3.63, 3.8) is 0 Å². The highest BCUT2D eigenvalue weighted by Gasteiger charge is 2.33. The molecule has 0 aliphatic carbocycles. The molecule has 3 aromatic carbocycles. The summed E-state index contributed by atoms with van der Waals surface area (Å²) in [5, 5.41) is 3.23. The van der Waals surface area contributed by atoms with E-state index >= 15 is 0 Å². The summed E-state index contributed by atoms with van der Waals surface area (Å²) in [6, 6.07) is 21.0. The maximum absolute atomic E-state index is 14.0. The molecule has 0 aliphatic heterocycles. The van der Waals surface area contributed by atoms with Crippen molar-refractivity contribution < 1.29 is 18.0 Å². The van der Waals surface area contributed by atoms with Gasteiger partial charge in [0, 0.05) is 17.6 Å². The Balaban J connectivity index is 2.06. The average molecular weight is 556 g/mol. The number of aryl methyl sites for hydroxylation is 1. The molecule has 7 nitrogen and oxygen atoms in total. The van der Waals surface area contributed by atoms with Crippen molar-refractivity contribution in [3.05, 3.63) is 95.0 Å². The van der Waals surface area contributed by atoms with E-state index in [1.165, 1.54) is 23.1 Å². The summed E-state index contributed by atoms with van der Waals surface area (Å²) in [4.78, 5) is 28.6. The minimum absolute atomic E-state index is 0.0441. The molecule has 3 aromatic rings. The van der Waals surface area contributed by atoms with Gasteiger partial charge >= 0.3 is 0 Å². The number of carbonyl (C=O) groups excluding carboxylic acids is 2. The molecule has 9 heteroatoms. The molecule has 202 valence electrons. The maximum atomic E-state index is 14.0. The second-order valence-electron chi connectivity index (χ2n) is 9.40. The highest BCUT2D eigenvalue weighted by atomic mass is 35.5. The van der Waals surface area contributed by atoms with Crippen molar-refractivity contribution in [2.45, 2.75) is 57.6 Å². The molecule has 0 bridgehead atoms. The number of rotatable bonds is 11. The van der Waals surface area contributed by atoms with Crippen molar-refractivity contribution >= 4 is 39.1 Å². The molecule has 1 atom stereocenters. The number of hydrogen-bond acceptors (Lipinski definition) is 4. The fourth-order valence-corrected chi connectivity index (χ4v) is 5.80. The number of nitrogens with one attached hydrogen (secondary N) is 1. The van der Waals surface area contributed by atoms with Gasteiger partial charge in [-0.15, -0.1) is 0 Å². The van der Waals surface area contributed by atoms with Gasteiger partial charge in [-0.05, 0) is 63.1 Å². The molecule has 0 fully saturated rings. The highest BCUT2D eigenvalue weighted by Crippen LogP contribution is 2.27. The Morgan fingerprint density at radius 3 is 2.24 bits per heavy atom. The Morgan fingerprint density at radius 1 is 0.947 bits per heavy atom. The highest BCUT2D eigenvalue weighted by molar-refractivity contribution is 7.92. The number of anilines is 1. The third-order valence-electron chi connectivity index (χ3n) is 5.96. The zero-order valence-electron chi connectivity index (χ0n) is 22.1. The van der Waals surface area contributed by atoms with Crippen molar-refractivity contribution in [1.82, 2.24) is 10.2 Å². The van der Waals surface area contributed by atoms with Gasteiger partial charge in [-0.25, -0.2) is 8.42 Å². The molecule has 0 heterocycles. The van der Waals surface area contributed by atoms with Crippen LogP contribution in [0.1, 0.15) is 38.3 Å². The van der Waals surface area contributed by atoms with Crippen LogP contribution >= 0.6 is 11.6 Å². The fourth-order valence-electron chi connectivity index (χ4n) is 4.19. The molecule has 3 rings (SSSR count).